The van der Waals surface area contributed by atoms with Gasteiger partial charge in [-0.1, -0.05) is 0 Å². The van der Waals surface area contributed by atoms with Crippen LogP contribution < -0.4 is 20.7 Å². The van der Waals surface area contributed by atoms with E-state index in [0.717, 1.165) is 47.5 Å². The van der Waals surface area contributed by atoms with Gasteiger partial charge in [-0.05, 0) is 37.2 Å². The maximum Gasteiger partial charge on any atom is 0.162 e. The molecule has 1 saturated heterocycles. The molecule has 1 atom stereocenters. The highest BCUT2D eigenvalue weighted by Crippen LogP contribution is 2.32. The summed E-state index contributed by atoms with van der Waals surface area (Å²) < 4.78 is 5.54. The Labute approximate surface area is 179 Å². The number of fused-ring (bicyclic) bond motifs is 1. The topological polar surface area (TPSA) is 110 Å². The van der Waals surface area contributed by atoms with E-state index in [4.69, 9.17) is 14.7 Å². The molecule has 9 heteroatoms. The van der Waals surface area contributed by atoms with Crippen LogP contribution in [0.15, 0.2) is 55.2 Å². The molecule has 0 bridgehead atoms. The molecular weight excluding hydrogens is 392 g/mol. The number of methoxy groups -OCH3 is 1. The van der Waals surface area contributed by atoms with Crippen molar-refractivity contribution in [1.82, 2.24) is 30.2 Å². The summed E-state index contributed by atoms with van der Waals surface area (Å²) in [5.41, 5.74) is 2.42. The van der Waals surface area contributed by atoms with Crippen molar-refractivity contribution in [2.75, 3.05) is 30.8 Å². The molecule has 3 N–H and O–H groups in total. The van der Waals surface area contributed by atoms with Crippen LogP contribution in [-0.2, 0) is 0 Å². The summed E-state index contributed by atoms with van der Waals surface area (Å²) in [4.78, 5) is 22.4. The number of hydrogen-bond donors (Lipinski definition) is 3. The van der Waals surface area contributed by atoms with Crippen molar-refractivity contribution in [3.05, 3.63) is 55.2 Å². The first kappa shape index (κ1) is 19.1. The predicted molar refractivity (Wildman–Crippen MR) is 120 cm³/mol. The predicted octanol–water partition coefficient (Wildman–Crippen LogP) is 3.01. The van der Waals surface area contributed by atoms with E-state index in [-0.39, 0.29) is 0 Å². The lowest BCUT2D eigenvalue weighted by Gasteiger charge is -2.16. The van der Waals surface area contributed by atoms with Gasteiger partial charge in [0, 0.05) is 30.5 Å². The highest BCUT2D eigenvalue weighted by molar-refractivity contribution is 5.95. The molecule has 0 amide bonds. The van der Waals surface area contributed by atoms with Crippen LogP contribution in [0.4, 0.5) is 17.3 Å². The fourth-order valence-corrected chi connectivity index (χ4v) is 3.64. The Kier molecular flexibility index (Phi) is 5.24. The zero-order valence-electron chi connectivity index (χ0n) is 17.0. The molecule has 0 aromatic carbocycles. The van der Waals surface area contributed by atoms with E-state index in [9.17, 15) is 0 Å². The first-order chi connectivity index (χ1) is 15.3. The van der Waals surface area contributed by atoms with E-state index in [0.29, 0.717) is 23.4 Å². The zero-order valence-corrected chi connectivity index (χ0v) is 17.0. The van der Waals surface area contributed by atoms with Crippen molar-refractivity contribution < 1.29 is 4.74 Å². The van der Waals surface area contributed by atoms with Crippen molar-refractivity contribution in [3.8, 4) is 17.1 Å². The van der Waals surface area contributed by atoms with E-state index in [2.05, 4.69) is 30.9 Å². The van der Waals surface area contributed by atoms with Crippen LogP contribution in [0.5, 0.6) is 5.75 Å². The van der Waals surface area contributed by atoms with Crippen LogP contribution in [0, 0.1) is 0 Å². The van der Waals surface area contributed by atoms with Gasteiger partial charge in [0.25, 0.3) is 0 Å². The summed E-state index contributed by atoms with van der Waals surface area (Å²) in [6.07, 6.45) is 9.66. The summed E-state index contributed by atoms with van der Waals surface area (Å²) in [5.74, 6) is 2.66. The quantitative estimate of drug-likeness (QED) is 0.438. The molecule has 0 aliphatic carbocycles. The molecule has 0 saturated carbocycles. The lowest BCUT2D eigenvalue weighted by Crippen LogP contribution is -2.23. The van der Waals surface area contributed by atoms with Crippen LogP contribution in [0.2, 0.25) is 0 Å². The van der Waals surface area contributed by atoms with E-state index in [1.165, 1.54) is 0 Å². The Hall–Kier alpha value is -3.85. The van der Waals surface area contributed by atoms with E-state index >= 15 is 0 Å². The fraction of sp³-hybridized carbons (Fsp3) is 0.227. The van der Waals surface area contributed by atoms with Gasteiger partial charge in [-0.25, -0.2) is 15.0 Å². The maximum absolute atomic E-state index is 5.54. The largest absolute Gasteiger partial charge is 0.494 e. The summed E-state index contributed by atoms with van der Waals surface area (Å²) in [7, 11) is 1.63. The van der Waals surface area contributed by atoms with Gasteiger partial charge in [-0.15, -0.1) is 0 Å². The first-order valence-corrected chi connectivity index (χ1v) is 10.1. The lowest BCUT2D eigenvalue weighted by atomic mass is 10.2. The van der Waals surface area contributed by atoms with Gasteiger partial charge in [-0.3, -0.25) is 9.97 Å². The summed E-state index contributed by atoms with van der Waals surface area (Å²) in [5, 5.41) is 11.0. The smallest absolute Gasteiger partial charge is 0.162 e. The first-order valence-electron chi connectivity index (χ1n) is 10.1. The number of pyridine rings is 3. The van der Waals surface area contributed by atoms with Crippen LogP contribution in [0.1, 0.15) is 6.42 Å². The van der Waals surface area contributed by atoms with Crippen molar-refractivity contribution in [1.29, 1.82) is 0 Å². The molecule has 1 fully saturated rings. The Morgan fingerprint density at radius 2 is 2.06 bits per heavy atom. The number of nitrogens with one attached hydrogen (secondary N) is 3. The third-order valence-corrected chi connectivity index (χ3v) is 5.15. The van der Waals surface area contributed by atoms with Gasteiger partial charge in [0.1, 0.15) is 17.4 Å². The van der Waals surface area contributed by atoms with Gasteiger partial charge in [0.2, 0.25) is 0 Å². The fourth-order valence-electron chi connectivity index (χ4n) is 3.64. The Bertz CT molecular complexity index is 1190. The maximum atomic E-state index is 5.54. The van der Waals surface area contributed by atoms with Gasteiger partial charge < -0.3 is 20.7 Å². The Balaban J connectivity index is 1.56. The van der Waals surface area contributed by atoms with Gasteiger partial charge in [0.15, 0.2) is 5.82 Å². The minimum absolute atomic E-state index is 0.295. The molecule has 0 spiro atoms. The monoisotopic (exact) mass is 414 g/mol. The second-order valence-electron chi connectivity index (χ2n) is 7.26. The summed E-state index contributed by atoms with van der Waals surface area (Å²) >= 11 is 0. The molecule has 156 valence electrons. The second-order valence-corrected chi connectivity index (χ2v) is 7.26. The van der Waals surface area contributed by atoms with Gasteiger partial charge >= 0.3 is 0 Å². The molecule has 1 unspecified atom stereocenters. The number of nitrogens with zero attached hydrogens (tertiary/aromatic N) is 5. The van der Waals surface area contributed by atoms with Gasteiger partial charge in [0.05, 0.1) is 42.3 Å². The van der Waals surface area contributed by atoms with Crippen LogP contribution in [0.25, 0.3) is 22.3 Å². The molecule has 4 aromatic rings. The molecule has 4 aromatic heterocycles. The van der Waals surface area contributed by atoms with Gasteiger partial charge in [-0.2, -0.15) is 0 Å². The number of aromatic nitrogens is 5. The average molecular weight is 414 g/mol. The minimum atomic E-state index is 0.295. The van der Waals surface area contributed by atoms with Crippen LogP contribution in [0.3, 0.4) is 0 Å². The number of anilines is 3. The standard InChI is InChI=1S/C22H22N8O/c1-31-18-13-25-12-17-20(18)22(28-16-5-7-24-11-16)30-21(29-17)14-4-8-26-19(9-14)27-15-3-2-6-23-10-15/h2-4,6,8-10,12-13,16,24H,5,7,11H2,1H3,(H,26,27)(H,28,29,30). The van der Waals surface area contributed by atoms with E-state index in [1.54, 1.807) is 38.1 Å². The summed E-state index contributed by atoms with van der Waals surface area (Å²) in [6.45, 7) is 1.88. The normalized spacial score (nSPS) is 15.7. The molecule has 5 rings (SSSR count). The van der Waals surface area contributed by atoms with E-state index in [1.807, 2.05) is 24.3 Å². The van der Waals surface area contributed by atoms with Crippen LogP contribution >= 0.6 is 0 Å². The third kappa shape index (κ3) is 4.08. The molecule has 9 nitrogen and oxygen atoms in total. The molecule has 0 radical (unpaired) electrons. The minimum Gasteiger partial charge on any atom is -0.494 e. The highest BCUT2D eigenvalue weighted by Gasteiger charge is 2.19. The Morgan fingerprint density at radius 1 is 1.10 bits per heavy atom. The molecule has 1 aliphatic rings. The van der Waals surface area contributed by atoms with Crippen molar-refractivity contribution in [3.63, 3.8) is 0 Å². The van der Waals surface area contributed by atoms with Crippen molar-refractivity contribution in [2.45, 2.75) is 12.5 Å². The number of rotatable bonds is 6. The number of ether oxygens (including phenoxy) is 1. The summed E-state index contributed by atoms with van der Waals surface area (Å²) in [6, 6.07) is 7.91. The van der Waals surface area contributed by atoms with E-state index < -0.39 is 0 Å². The molecular formula is C22H22N8O. The average Bonchev–Trinajstić information content (AvgIpc) is 3.32. The SMILES string of the molecule is COc1cncc2nc(-c3ccnc(Nc4cccnc4)c3)nc(NC3CCNC3)c12. The third-order valence-electron chi connectivity index (χ3n) is 5.15. The molecule has 5 heterocycles. The lowest BCUT2D eigenvalue weighted by molar-refractivity contribution is 0.418. The number of hydrogen-bond acceptors (Lipinski definition) is 9. The highest BCUT2D eigenvalue weighted by atomic mass is 16.5. The Morgan fingerprint density at radius 3 is 2.87 bits per heavy atom. The van der Waals surface area contributed by atoms with Crippen molar-refractivity contribution in [2.24, 2.45) is 0 Å². The molecule has 1 aliphatic heterocycles. The molecule has 31 heavy (non-hydrogen) atoms. The zero-order chi connectivity index (χ0) is 21.0. The van der Waals surface area contributed by atoms with Crippen molar-refractivity contribution >= 4 is 28.2 Å². The van der Waals surface area contributed by atoms with Crippen LogP contribution in [-0.4, -0.2) is 51.2 Å². The second kappa shape index (κ2) is 8.49.